The minimum Gasteiger partial charge on any atom is -0.340 e. The van der Waals surface area contributed by atoms with E-state index in [9.17, 15) is 4.79 Å². The van der Waals surface area contributed by atoms with E-state index in [1.807, 2.05) is 0 Å². The van der Waals surface area contributed by atoms with Gasteiger partial charge in [0.15, 0.2) is 5.82 Å². The number of carbonyl (C=O) groups is 1. The molecule has 0 aliphatic carbocycles. The molecule has 4 heterocycles. The largest absolute Gasteiger partial charge is 0.340 e. The van der Waals surface area contributed by atoms with Crippen LogP contribution in [-0.4, -0.2) is 53.6 Å². The van der Waals surface area contributed by atoms with E-state index >= 15 is 0 Å². The van der Waals surface area contributed by atoms with Crippen molar-refractivity contribution in [1.82, 2.24) is 34.6 Å². The quantitative estimate of drug-likeness (QED) is 0.704. The maximum absolute atomic E-state index is 12.6. The third-order valence-electron chi connectivity index (χ3n) is 4.25. The highest BCUT2D eigenvalue weighted by atomic mass is 16.5. The van der Waals surface area contributed by atoms with Gasteiger partial charge in [0.25, 0.3) is 11.7 Å². The van der Waals surface area contributed by atoms with Crippen LogP contribution in [0, 0.1) is 12.8 Å². The first kappa shape index (κ1) is 14.7. The predicted molar refractivity (Wildman–Crippen MR) is 82.1 cm³/mol. The molecule has 0 N–H and O–H groups in total. The molecular weight excluding hydrogens is 310 g/mol. The molecule has 0 saturated carbocycles. The lowest BCUT2D eigenvalue weighted by atomic mass is 9.93. The number of nitrogens with zero attached hydrogens (tertiary/aromatic N) is 7. The van der Waals surface area contributed by atoms with Crippen LogP contribution in [0.15, 0.2) is 23.0 Å². The van der Waals surface area contributed by atoms with Crippen molar-refractivity contribution in [2.45, 2.75) is 26.2 Å². The second-order valence-corrected chi connectivity index (χ2v) is 5.97. The topological polar surface area (TPSA) is 102 Å². The molecule has 1 saturated heterocycles. The van der Waals surface area contributed by atoms with E-state index in [1.54, 1.807) is 30.3 Å². The summed E-state index contributed by atoms with van der Waals surface area (Å²) in [5, 5.41) is 8.14. The summed E-state index contributed by atoms with van der Waals surface area (Å²) in [6.45, 7) is 3.15. The molecule has 0 bridgehead atoms. The molecular formula is C15H17N7O2. The van der Waals surface area contributed by atoms with Gasteiger partial charge in [0.2, 0.25) is 11.7 Å². The molecule has 124 valence electrons. The Morgan fingerprint density at radius 3 is 2.88 bits per heavy atom. The zero-order valence-corrected chi connectivity index (χ0v) is 13.3. The highest BCUT2D eigenvalue weighted by Gasteiger charge is 2.27. The van der Waals surface area contributed by atoms with Crippen LogP contribution in [0.1, 0.15) is 35.2 Å². The Balaban J connectivity index is 1.39. The number of likely N-dealkylation sites (tertiary alicyclic amines) is 1. The molecule has 3 aromatic heterocycles. The van der Waals surface area contributed by atoms with Gasteiger partial charge >= 0.3 is 0 Å². The zero-order chi connectivity index (χ0) is 16.5. The monoisotopic (exact) mass is 327 g/mol. The summed E-state index contributed by atoms with van der Waals surface area (Å²) in [5.74, 6) is 2.27. The number of amides is 1. The first-order chi connectivity index (χ1) is 11.7. The average Bonchev–Trinajstić information content (AvgIpc) is 3.21. The fraction of sp³-hybridized carbons (Fsp3) is 0.467. The Hall–Kier alpha value is -2.84. The standard InChI is InChI=1S/C15H17N7O2/c1-10-17-12(20-24-10)9-11-3-7-21(8-4-11)14(23)13-18-15-16-5-2-6-22(15)19-13/h2,5-6,11H,3-4,7-9H2,1H3. The number of hydrogen-bond acceptors (Lipinski definition) is 7. The average molecular weight is 327 g/mol. The molecule has 1 aliphatic rings. The van der Waals surface area contributed by atoms with Crippen molar-refractivity contribution in [3.63, 3.8) is 0 Å². The van der Waals surface area contributed by atoms with Crippen LogP contribution in [0.2, 0.25) is 0 Å². The number of fused-ring (bicyclic) bond motifs is 1. The molecule has 9 nitrogen and oxygen atoms in total. The van der Waals surface area contributed by atoms with E-state index in [0.29, 0.717) is 30.7 Å². The Bertz CT molecular complexity index is 830. The van der Waals surface area contributed by atoms with Crippen LogP contribution < -0.4 is 0 Å². The second-order valence-electron chi connectivity index (χ2n) is 5.97. The number of aromatic nitrogens is 6. The highest BCUT2D eigenvalue weighted by Crippen LogP contribution is 2.21. The van der Waals surface area contributed by atoms with E-state index in [4.69, 9.17) is 4.52 Å². The van der Waals surface area contributed by atoms with E-state index in [2.05, 4.69) is 25.2 Å². The third kappa shape index (κ3) is 2.84. The predicted octanol–water partition coefficient (Wildman–Crippen LogP) is 0.911. The lowest BCUT2D eigenvalue weighted by Gasteiger charge is -2.30. The smallest absolute Gasteiger partial charge is 0.293 e. The van der Waals surface area contributed by atoms with Crippen LogP contribution in [0.25, 0.3) is 5.78 Å². The van der Waals surface area contributed by atoms with Gasteiger partial charge in [-0.05, 0) is 24.8 Å². The number of aryl methyl sites for hydroxylation is 1. The van der Waals surface area contributed by atoms with Crippen molar-refractivity contribution in [3.8, 4) is 0 Å². The van der Waals surface area contributed by atoms with Gasteiger partial charge in [-0.3, -0.25) is 4.79 Å². The molecule has 24 heavy (non-hydrogen) atoms. The van der Waals surface area contributed by atoms with Crippen LogP contribution in [0.4, 0.5) is 0 Å². The van der Waals surface area contributed by atoms with Gasteiger partial charge in [0, 0.05) is 38.8 Å². The fourth-order valence-corrected chi connectivity index (χ4v) is 2.99. The highest BCUT2D eigenvalue weighted by molar-refractivity contribution is 5.90. The van der Waals surface area contributed by atoms with Gasteiger partial charge in [0.05, 0.1) is 0 Å². The lowest BCUT2D eigenvalue weighted by molar-refractivity contribution is 0.0677. The molecule has 9 heteroatoms. The van der Waals surface area contributed by atoms with E-state index < -0.39 is 0 Å². The third-order valence-corrected chi connectivity index (χ3v) is 4.25. The normalized spacial score (nSPS) is 16.0. The lowest BCUT2D eigenvalue weighted by Crippen LogP contribution is -2.39. The van der Waals surface area contributed by atoms with Crippen LogP contribution in [0.5, 0.6) is 0 Å². The van der Waals surface area contributed by atoms with Crippen LogP contribution in [-0.2, 0) is 6.42 Å². The van der Waals surface area contributed by atoms with Gasteiger partial charge < -0.3 is 9.42 Å². The molecule has 1 aliphatic heterocycles. The maximum atomic E-state index is 12.6. The molecule has 0 radical (unpaired) electrons. The van der Waals surface area contributed by atoms with Gasteiger partial charge in [0.1, 0.15) is 0 Å². The molecule has 3 aromatic rings. The van der Waals surface area contributed by atoms with Crippen LogP contribution >= 0.6 is 0 Å². The number of rotatable bonds is 3. The molecule has 1 fully saturated rings. The molecule has 0 unspecified atom stereocenters. The van der Waals surface area contributed by atoms with Gasteiger partial charge in [-0.15, -0.1) is 5.10 Å². The summed E-state index contributed by atoms with van der Waals surface area (Å²) < 4.78 is 6.51. The van der Waals surface area contributed by atoms with E-state index in [0.717, 1.165) is 25.1 Å². The number of carbonyl (C=O) groups excluding carboxylic acids is 1. The molecule has 0 aromatic carbocycles. The fourth-order valence-electron chi connectivity index (χ4n) is 2.99. The zero-order valence-electron chi connectivity index (χ0n) is 13.3. The SMILES string of the molecule is Cc1nc(CC2CCN(C(=O)c3nc4ncccn4n3)CC2)no1. The van der Waals surface area contributed by atoms with Crippen molar-refractivity contribution in [1.29, 1.82) is 0 Å². The molecule has 0 spiro atoms. The Kier molecular flexibility index (Phi) is 3.68. The molecule has 4 rings (SSSR count). The first-order valence-electron chi connectivity index (χ1n) is 7.95. The maximum Gasteiger partial charge on any atom is 0.293 e. The summed E-state index contributed by atoms with van der Waals surface area (Å²) in [5.41, 5.74) is 0. The van der Waals surface area contributed by atoms with Gasteiger partial charge in [-0.1, -0.05) is 5.16 Å². The second kappa shape index (κ2) is 5.99. The Morgan fingerprint density at radius 1 is 1.33 bits per heavy atom. The molecule has 1 amide bonds. The first-order valence-corrected chi connectivity index (χ1v) is 7.95. The summed E-state index contributed by atoms with van der Waals surface area (Å²) in [6, 6.07) is 1.75. The number of hydrogen-bond donors (Lipinski definition) is 0. The van der Waals surface area contributed by atoms with Crippen LogP contribution in [0.3, 0.4) is 0 Å². The Labute approximate surface area is 137 Å². The van der Waals surface area contributed by atoms with Crippen molar-refractivity contribution in [2.75, 3.05) is 13.1 Å². The van der Waals surface area contributed by atoms with Crippen molar-refractivity contribution in [2.24, 2.45) is 5.92 Å². The van der Waals surface area contributed by atoms with E-state index in [-0.39, 0.29) is 11.7 Å². The van der Waals surface area contributed by atoms with Crippen molar-refractivity contribution < 1.29 is 9.32 Å². The van der Waals surface area contributed by atoms with Crippen molar-refractivity contribution in [3.05, 3.63) is 36.0 Å². The molecule has 0 atom stereocenters. The van der Waals surface area contributed by atoms with Gasteiger partial charge in [-0.2, -0.15) is 9.97 Å². The number of piperidine rings is 1. The van der Waals surface area contributed by atoms with E-state index in [1.165, 1.54) is 4.52 Å². The summed E-state index contributed by atoms with van der Waals surface area (Å²) in [7, 11) is 0. The minimum atomic E-state index is -0.144. The van der Waals surface area contributed by atoms with Gasteiger partial charge in [-0.25, -0.2) is 9.50 Å². The summed E-state index contributed by atoms with van der Waals surface area (Å²) in [6.07, 6.45) is 5.96. The minimum absolute atomic E-state index is 0.144. The summed E-state index contributed by atoms with van der Waals surface area (Å²) in [4.78, 5) is 26.9. The Morgan fingerprint density at radius 2 is 2.17 bits per heavy atom. The van der Waals surface area contributed by atoms with Crippen molar-refractivity contribution >= 4 is 11.7 Å². The summed E-state index contributed by atoms with van der Waals surface area (Å²) >= 11 is 0.